The van der Waals surface area contributed by atoms with Gasteiger partial charge in [0, 0.05) is 23.4 Å². The number of nitro groups is 1. The fourth-order valence-corrected chi connectivity index (χ4v) is 3.92. The smallest absolute Gasteiger partial charge is 0.293 e. The molecule has 110 valence electrons. The lowest BCUT2D eigenvalue weighted by atomic mass is 10.1. The van der Waals surface area contributed by atoms with E-state index in [0.29, 0.717) is 6.54 Å². The van der Waals surface area contributed by atoms with E-state index in [1.165, 1.54) is 25.0 Å². The zero-order valence-corrected chi connectivity index (χ0v) is 14.1. The molecule has 0 bridgehead atoms. The minimum atomic E-state index is -0.468. The van der Waals surface area contributed by atoms with Crippen molar-refractivity contribution in [2.24, 2.45) is 0 Å². The molecule has 0 saturated heterocycles. The van der Waals surface area contributed by atoms with Gasteiger partial charge in [-0.15, -0.1) is 0 Å². The fourth-order valence-electron chi connectivity index (χ4n) is 2.56. The van der Waals surface area contributed by atoms with Crippen molar-refractivity contribution in [1.82, 2.24) is 0 Å². The maximum Gasteiger partial charge on any atom is 0.293 e. The summed E-state index contributed by atoms with van der Waals surface area (Å²) in [6, 6.07) is 2.50. The highest BCUT2D eigenvalue weighted by atomic mass is 127. The summed E-state index contributed by atoms with van der Waals surface area (Å²) in [4.78, 5) is 10.6. The quantitative estimate of drug-likeness (QED) is 0.444. The first-order chi connectivity index (χ1) is 9.47. The predicted molar refractivity (Wildman–Crippen MR) is 89.0 cm³/mol. The zero-order chi connectivity index (χ0) is 14.8. The molecule has 4 nitrogen and oxygen atoms in total. The molecule has 0 radical (unpaired) electrons. The van der Waals surface area contributed by atoms with E-state index in [4.69, 9.17) is 0 Å². The minimum absolute atomic E-state index is 0.0648. The highest BCUT2D eigenvalue weighted by molar-refractivity contribution is 14.1. The normalized spacial score (nSPS) is 17.1. The summed E-state index contributed by atoms with van der Waals surface area (Å²) in [6.45, 7) is 0.634. The summed E-state index contributed by atoms with van der Waals surface area (Å²) in [6.07, 6.45) is 6.64. The molecular weight excluding hydrogens is 394 g/mol. The van der Waals surface area contributed by atoms with Gasteiger partial charge in [0.2, 0.25) is 0 Å². The van der Waals surface area contributed by atoms with Gasteiger partial charge in [0.1, 0.15) is 11.5 Å². The molecule has 7 heteroatoms. The average Bonchev–Trinajstić information content (AvgIpc) is 2.89. The molecule has 1 aliphatic rings. The van der Waals surface area contributed by atoms with Gasteiger partial charge in [-0.25, -0.2) is 4.39 Å². The van der Waals surface area contributed by atoms with Gasteiger partial charge < -0.3 is 5.32 Å². The van der Waals surface area contributed by atoms with E-state index in [2.05, 4.69) is 11.6 Å². The molecule has 0 spiro atoms. The van der Waals surface area contributed by atoms with E-state index in [9.17, 15) is 14.5 Å². The Morgan fingerprint density at radius 3 is 2.70 bits per heavy atom. The maximum atomic E-state index is 13.6. The second-order valence-electron chi connectivity index (χ2n) is 4.99. The fraction of sp³-hybridized carbons (Fsp3) is 0.538. The predicted octanol–water partition coefficient (Wildman–Crippen LogP) is 4.43. The van der Waals surface area contributed by atoms with E-state index in [1.807, 2.05) is 0 Å². The Kier molecular flexibility index (Phi) is 5.11. The number of nitrogens with zero attached hydrogens (tertiary/aromatic N) is 1. The SMILES string of the molecule is CSC1(CNc2cc(F)c(I)cc2[N+](=O)[O-])CCCC1. The number of rotatable bonds is 5. The number of nitro benzene ring substituents is 1. The highest BCUT2D eigenvalue weighted by Crippen LogP contribution is 2.41. The Labute approximate surface area is 135 Å². The average molecular weight is 410 g/mol. The van der Waals surface area contributed by atoms with Gasteiger partial charge >= 0.3 is 0 Å². The van der Waals surface area contributed by atoms with Gasteiger partial charge in [-0.2, -0.15) is 11.8 Å². The van der Waals surface area contributed by atoms with Crippen LogP contribution in [0.5, 0.6) is 0 Å². The van der Waals surface area contributed by atoms with Crippen LogP contribution in [0.2, 0.25) is 0 Å². The summed E-state index contributed by atoms with van der Waals surface area (Å²) in [5, 5.41) is 14.2. The second-order valence-corrected chi connectivity index (χ2v) is 7.42. The number of hydrogen-bond donors (Lipinski definition) is 1. The summed E-state index contributed by atoms with van der Waals surface area (Å²) in [5.41, 5.74) is 0.207. The zero-order valence-electron chi connectivity index (χ0n) is 11.1. The summed E-state index contributed by atoms with van der Waals surface area (Å²) >= 11 is 3.56. The first-order valence-corrected chi connectivity index (χ1v) is 8.70. The first-order valence-electron chi connectivity index (χ1n) is 6.40. The second kappa shape index (κ2) is 6.46. The van der Waals surface area contributed by atoms with Crippen LogP contribution in [0.15, 0.2) is 12.1 Å². The van der Waals surface area contributed by atoms with Crippen molar-refractivity contribution in [2.75, 3.05) is 18.1 Å². The Morgan fingerprint density at radius 1 is 1.50 bits per heavy atom. The topological polar surface area (TPSA) is 55.2 Å². The molecule has 2 rings (SSSR count). The van der Waals surface area contributed by atoms with E-state index in [1.54, 1.807) is 34.4 Å². The van der Waals surface area contributed by atoms with Crippen LogP contribution in [0, 0.1) is 19.5 Å². The maximum absolute atomic E-state index is 13.6. The Morgan fingerprint density at radius 2 is 2.15 bits per heavy atom. The van der Waals surface area contributed by atoms with Crippen LogP contribution in [0.4, 0.5) is 15.8 Å². The van der Waals surface area contributed by atoms with Crippen LogP contribution >= 0.6 is 34.4 Å². The van der Waals surface area contributed by atoms with E-state index >= 15 is 0 Å². The molecule has 0 amide bonds. The van der Waals surface area contributed by atoms with Crippen molar-refractivity contribution in [3.05, 3.63) is 31.6 Å². The molecule has 1 aromatic carbocycles. The first kappa shape index (κ1) is 15.8. The molecule has 20 heavy (non-hydrogen) atoms. The Balaban J connectivity index is 2.20. The lowest BCUT2D eigenvalue weighted by molar-refractivity contribution is -0.384. The van der Waals surface area contributed by atoms with E-state index in [-0.39, 0.29) is 19.7 Å². The van der Waals surface area contributed by atoms with Crippen molar-refractivity contribution in [3.8, 4) is 0 Å². The molecule has 1 aliphatic carbocycles. The lowest BCUT2D eigenvalue weighted by Gasteiger charge is -2.27. The lowest BCUT2D eigenvalue weighted by Crippen LogP contribution is -2.30. The number of thioether (sulfide) groups is 1. The van der Waals surface area contributed by atoms with Crippen molar-refractivity contribution >= 4 is 45.7 Å². The third-order valence-corrected chi connectivity index (χ3v) is 6.03. The number of halogens is 2. The van der Waals surface area contributed by atoms with Crippen molar-refractivity contribution in [2.45, 2.75) is 30.4 Å². The number of hydrogen-bond acceptors (Lipinski definition) is 4. The third-order valence-electron chi connectivity index (χ3n) is 3.78. The van der Waals surface area contributed by atoms with Crippen molar-refractivity contribution in [1.29, 1.82) is 0 Å². The van der Waals surface area contributed by atoms with Crippen molar-refractivity contribution < 1.29 is 9.31 Å². The molecule has 1 N–H and O–H groups in total. The van der Waals surface area contributed by atoms with E-state index < -0.39 is 10.7 Å². The van der Waals surface area contributed by atoms with Crippen LogP contribution in [0.3, 0.4) is 0 Å². The van der Waals surface area contributed by atoms with Crippen LogP contribution < -0.4 is 5.32 Å². The van der Waals surface area contributed by atoms with Crippen LogP contribution in [0.25, 0.3) is 0 Å². The molecule has 0 atom stereocenters. The molecule has 1 aromatic rings. The Bertz CT molecular complexity index is 521. The van der Waals surface area contributed by atoms with Crippen LogP contribution in [-0.4, -0.2) is 22.5 Å². The van der Waals surface area contributed by atoms with Gasteiger partial charge in [0.05, 0.1) is 8.49 Å². The number of nitrogens with one attached hydrogen (secondary N) is 1. The molecule has 0 aromatic heterocycles. The minimum Gasteiger partial charge on any atom is -0.378 e. The molecule has 1 fully saturated rings. The van der Waals surface area contributed by atoms with E-state index in [0.717, 1.165) is 12.8 Å². The number of benzene rings is 1. The summed E-state index contributed by atoms with van der Waals surface area (Å²) in [5.74, 6) is -0.427. The largest absolute Gasteiger partial charge is 0.378 e. The van der Waals surface area contributed by atoms with Gasteiger partial charge in [0.15, 0.2) is 0 Å². The molecular formula is C13H16FIN2O2S. The standard InChI is InChI=1S/C13H16FIN2O2S/c1-20-13(4-2-3-5-13)8-16-11-6-9(14)10(15)7-12(11)17(18)19/h6-7,16H,2-5,8H2,1H3. The van der Waals surface area contributed by atoms with Gasteiger partial charge in [-0.1, -0.05) is 12.8 Å². The third kappa shape index (κ3) is 3.36. The summed E-state index contributed by atoms with van der Waals surface area (Å²) < 4.78 is 14.0. The molecule has 1 saturated carbocycles. The van der Waals surface area contributed by atoms with Gasteiger partial charge in [-0.3, -0.25) is 10.1 Å². The summed E-state index contributed by atoms with van der Waals surface area (Å²) in [7, 11) is 0. The molecule has 0 heterocycles. The number of anilines is 1. The van der Waals surface area contributed by atoms with Crippen LogP contribution in [0.1, 0.15) is 25.7 Å². The van der Waals surface area contributed by atoms with Crippen molar-refractivity contribution in [3.63, 3.8) is 0 Å². The van der Waals surface area contributed by atoms with Gasteiger partial charge in [-0.05, 0) is 41.7 Å². The van der Waals surface area contributed by atoms with Gasteiger partial charge in [0.25, 0.3) is 5.69 Å². The highest BCUT2D eigenvalue weighted by Gasteiger charge is 2.33. The molecule has 0 aliphatic heterocycles. The Hall–Kier alpha value is -0.570. The molecule has 0 unspecified atom stereocenters. The van der Waals surface area contributed by atoms with Crippen LogP contribution in [-0.2, 0) is 0 Å². The monoisotopic (exact) mass is 410 g/mol.